The van der Waals surface area contributed by atoms with Crippen LogP contribution in [0.4, 0.5) is 5.69 Å². The molecule has 0 bridgehead atoms. The number of nitrogens with zero attached hydrogens (tertiary/aromatic N) is 1. The number of rotatable bonds is 9. The second-order valence-electron chi connectivity index (χ2n) is 7.16. The van der Waals surface area contributed by atoms with Gasteiger partial charge in [-0.1, -0.05) is 19.4 Å². The number of ether oxygens (including phenoxy) is 1. The lowest BCUT2D eigenvalue weighted by atomic mass is 10.2. The Hall–Kier alpha value is -2.71. The van der Waals surface area contributed by atoms with Gasteiger partial charge in [-0.05, 0) is 62.7 Å². The highest BCUT2D eigenvalue weighted by atomic mass is 32.2. The Morgan fingerprint density at radius 1 is 1.07 bits per heavy atom. The maximum Gasteiger partial charge on any atom is 0.338 e. The Kier molecular flexibility index (Phi) is 8.14. The number of carbonyl (C=O) groups is 2. The summed E-state index contributed by atoms with van der Waals surface area (Å²) in [4.78, 5) is 24.6. The maximum absolute atomic E-state index is 12.7. The normalized spacial score (nSPS) is 11.5. The highest BCUT2D eigenvalue weighted by Gasteiger charge is 2.24. The van der Waals surface area contributed by atoms with Crippen molar-refractivity contribution in [1.82, 2.24) is 4.31 Å². The molecule has 1 amide bonds. The van der Waals surface area contributed by atoms with Crippen molar-refractivity contribution in [3.8, 4) is 0 Å². The number of esters is 1. The Labute approximate surface area is 178 Å². The molecule has 1 N–H and O–H groups in total. The summed E-state index contributed by atoms with van der Waals surface area (Å²) in [6.45, 7) is 5.94. The van der Waals surface area contributed by atoms with E-state index in [1.807, 2.05) is 6.92 Å². The smallest absolute Gasteiger partial charge is 0.338 e. The van der Waals surface area contributed by atoms with Gasteiger partial charge in [-0.3, -0.25) is 4.79 Å². The van der Waals surface area contributed by atoms with Crippen molar-refractivity contribution in [2.45, 2.75) is 44.6 Å². The zero-order valence-corrected chi connectivity index (χ0v) is 18.5. The van der Waals surface area contributed by atoms with Crippen LogP contribution in [-0.4, -0.2) is 44.3 Å². The van der Waals surface area contributed by atoms with E-state index in [4.69, 9.17) is 4.74 Å². The number of anilines is 1. The Morgan fingerprint density at radius 3 is 2.33 bits per heavy atom. The third-order valence-corrected chi connectivity index (χ3v) is 6.64. The van der Waals surface area contributed by atoms with Gasteiger partial charge in [-0.25, -0.2) is 13.2 Å². The topological polar surface area (TPSA) is 92.8 Å². The average Bonchev–Trinajstić information content (AvgIpc) is 2.73. The third-order valence-electron chi connectivity index (χ3n) is 4.61. The van der Waals surface area contributed by atoms with Gasteiger partial charge in [0.1, 0.15) is 0 Å². The molecule has 0 heterocycles. The fourth-order valence-corrected chi connectivity index (χ4v) is 3.94. The van der Waals surface area contributed by atoms with E-state index < -0.39 is 21.9 Å². The van der Waals surface area contributed by atoms with Gasteiger partial charge >= 0.3 is 5.97 Å². The molecule has 7 nitrogen and oxygen atoms in total. The van der Waals surface area contributed by atoms with Crippen LogP contribution in [0.1, 0.15) is 54.3 Å². The Bertz CT molecular complexity index is 985. The SMILES string of the molecule is CCCCOC(=O)c1ccc(NC(=O)c2cccc(S(=O)(=O)N(C)C(C)C)c2)cc1. The molecule has 0 atom stereocenters. The summed E-state index contributed by atoms with van der Waals surface area (Å²) in [7, 11) is -2.19. The standard InChI is InChI=1S/C22H28N2O5S/c1-5-6-14-29-22(26)17-10-12-19(13-11-17)23-21(25)18-8-7-9-20(15-18)30(27,28)24(4)16(2)3/h7-13,15-16H,5-6,14H2,1-4H3,(H,23,25). The molecule has 0 fully saturated rings. The summed E-state index contributed by atoms with van der Waals surface area (Å²) in [5.41, 5.74) is 1.10. The van der Waals surface area contributed by atoms with Crippen molar-refractivity contribution in [2.75, 3.05) is 19.0 Å². The minimum absolute atomic E-state index is 0.0523. The van der Waals surface area contributed by atoms with E-state index in [1.165, 1.54) is 29.6 Å². The lowest BCUT2D eigenvalue weighted by Gasteiger charge is -2.21. The lowest BCUT2D eigenvalue weighted by Crippen LogP contribution is -2.33. The number of benzene rings is 2. The molecule has 0 aliphatic heterocycles. The number of hydrogen-bond acceptors (Lipinski definition) is 5. The molecule has 162 valence electrons. The largest absolute Gasteiger partial charge is 0.462 e. The predicted molar refractivity (Wildman–Crippen MR) is 116 cm³/mol. The summed E-state index contributed by atoms with van der Waals surface area (Å²) >= 11 is 0. The second kappa shape index (κ2) is 10.4. The molecule has 30 heavy (non-hydrogen) atoms. The first-order chi connectivity index (χ1) is 14.2. The number of nitrogens with one attached hydrogen (secondary N) is 1. The predicted octanol–water partition coefficient (Wildman–Crippen LogP) is 3.92. The molecule has 8 heteroatoms. The van der Waals surface area contributed by atoms with Gasteiger partial charge in [0.25, 0.3) is 5.91 Å². The van der Waals surface area contributed by atoms with Crippen molar-refractivity contribution in [1.29, 1.82) is 0 Å². The number of unbranched alkanes of at least 4 members (excludes halogenated alkanes) is 1. The second-order valence-corrected chi connectivity index (χ2v) is 9.16. The number of sulfonamides is 1. The van der Waals surface area contributed by atoms with E-state index in [0.29, 0.717) is 17.9 Å². The molecule has 0 unspecified atom stereocenters. The van der Waals surface area contributed by atoms with Gasteiger partial charge in [0.2, 0.25) is 10.0 Å². The molecular weight excluding hydrogens is 404 g/mol. The zero-order valence-electron chi connectivity index (χ0n) is 17.7. The van der Waals surface area contributed by atoms with Crippen molar-refractivity contribution in [2.24, 2.45) is 0 Å². The van der Waals surface area contributed by atoms with E-state index in [-0.39, 0.29) is 16.5 Å². The molecule has 0 saturated heterocycles. The van der Waals surface area contributed by atoms with Crippen LogP contribution in [-0.2, 0) is 14.8 Å². The molecule has 0 radical (unpaired) electrons. The Balaban J connectivity index is 2.11. The van der Waals surface area contributed by atoms with Crippen LogP contribution in [0.15, 0.2) is 53.4 Å². The summed E-state index contributed by atoms with van der Waals surface area (Å²) in [5.74, 6) is -0.856. The summed E-state index contributed by atoms with van der Waals surface area (Å²) < 4.78 is 31.7. The van der Waals surface area contributed by atoms with Crippen LogP contribution in [0.5, 0.6) is 0 Å². The van der Waals surface area contributed by atoms with Crippen LogP contribution in [0.2, 0.25) is 0 Å². The molecular formula is C22H28N2O5S. The molecule has 0 aliphatic carbocycles. The summed E-state index contributed by atoms with van der Waals surface area (Å²) in [6, 6.07) is 12.0. The number of amides is 1. The molecule has 2 aromatic carbocycles. The fourth-order valence-electron chi connectivity index (χ4n) is 2.53. The monoisotopic (exact) mass is 432 g/mol. The van der Waals surface area contributed by atoms with Crippen LogP contribution >= 0.6 is 0 Å². The molecule has 0 aliphatic rings. The van der Waals surface area contributed by atoms with Crippen LogP contribution in [0.3, 0.4) is 0 Å². The minimum atomic E-state index is -3.69. The van der Waals surface area contributed by atoms with Crippen LogP contribution < -0.4 is 5.32 Å². The van der Waals surface area contributed by atoms with E-state index in [9.17, 15) is 18.0 Å². The van der Waals surface area contributed by atoms with Crippen molar-refractivity contribution < 1.29 is 22.7 Å². The van der Waals surface area contributed by atoms with Gasteiger partial charge in [0.05, 0.1) is 17.1 Å². The highest BCUT2D eigenvalue weighted by molar-refractivity contribution is 7.89. The molecule has 0 aromatic heterocycles. The third kappa shape index (κ3) is 5.90. The van der Waals surface area contributed by atoms with Gasteiger partial charge in [0.15, 0.2) is 0 Å². The molecule has 0 spiro atoms. The summed E-state index contributed by atoms with van der Waals surface area (Å²) in [6.07, 6.45) is 1.75. The van der Waals surface area contributed by atoms with E-state index in [0.717, 1.165) is 12.8 Å². The first-order valence-corrected chi connectivity index (χ1v) is 11.3. The van der Waals surface area contributed by atoms with Gasteiger partial charge in [0, 0.05) is 24.3 Å². The average molecular weight is 433 g/mol. The zero-order chi connectivity index (χ0) is 22.3. The van der Waals surface area contributed by atoms with Crippen molar-refractivity contribution >= 4 is 27.6 Å². The molecule has 2 aromatic rings. The van der Waals surface area contributed by atoms with E-state index >= 15 is 0 Å². The molecule has 2 rings (SSSR count). The minimum Gasteiger partial charge on any atom is -0.462 e. The quantitative estimate of drug-likeness (QED) is 0.479. The van der Waals surface area contributed by atoms with Crippen LogP contribution in [0.25, 0.3) is 0 Å². The van der Waals surface area contributed by atoms with Crippen molar-refractivity contribution in [3.05, 3.63) is 59.7 Å². The van der Waals surface area contributed by atoms with Crippen LogP contribution in [0, 0.1) is 0 Å². The Morgan fingerprint density at radius 2 is 1.73 bits per heavy atom. The number of carbonyl (C=O) groups excluding carboxylic acids is 2. The fraction of sp³-hybridized carbons (Fsp3) is 0.364. The highest BCUT2D eigenvalue weighted by Crippen LogP contribution is 2.19. The summed E-state index contributed by atoms with van der Waals surface area (Å²) in [5, 5.41) is 2.71. The van der Waals surface area contributed by atoms with Gasteiger partial charge in [-0.15, -0.1) is 0 Å². The first-order valence-electron chi connectivity index (χ1n) is 9.83. The van der Waals surface area contributed by atoms with Crippen molar-refractivity contribution in [3.63, 3.8) is 0 Å². The molecule has 0 saturated carbocycles. The first kappa shape index (κ1) is 23.6. The lowest BCUT2D eigenvalue weighted by molar-refractivity contribution is 0.0499. The van der Waals surface area contributed by atoms with Gasteiger partial charge < -0.3 is 10.1 Å². The van der Waals surface area contributed by atoms with E-state index in [1.54, 1.807) is 44.2 Å². The van der Waals surface area contributed by atoms with Gasteiger partial charge in [-0.2, -0.15) is 4.31 Å². The maximum atomic E-state index is 12.7. The van der Waals surface area contributed by atoms with E-state index in [2.05, 4.69) is 5.32 Å². The number of hydrogen-bond donors (Lipinski definition) is 1.